The molecule has 0 saturated carbocycles. The molecular formula is C31H58N6O4Si2. The summed E-state index contributed by atoms with van der Waals surface area (Å²) in [4.78, 5) is 20.7. The van der Waals surface area contributed by atoms with Crippen LogP contribution < -0.4 is 0 Å². The first-order valence-electron chi connectivity index (χ1n) is 16.0. The van der Waals surface area contributed by atoms with Crippen molar-refractivity contribution >= 4 is 40.0 Å². The molecule has 1 aliphatic rings. The number of hydrogen-bond acceptors (Lipinski definition) is 8. The summed E-state index contributed by atoms with van der Waals surface area (Å²) in [6.45, 7) is 28.6. The van der Waals surface area contributed by atoms with E-state index >= 15 is 0 Å². The van der Waals surface area contributed by atoms with E-state index in [1.54, 1.807) is 6.33 Å². The van der Waals surface area contributed by atoms with Gasteiger partial charge in [-0.1, -0.05) is 68.2 Å². The van der Waals surface area contributed by atoms with Gasteiger partial charge in [0.2, 0.25) is 0 Å². The molecule has 4 atom stereocenters. The van der Waals surface area contributed by atoms with E-state index in [4.69, 9.17) is 18.6 Å². The highest BCUT2D eigenvalue weighted by Crippen LogP contribution is 2.43. The smallest absolute Gasteiger partial charge is 0.192 e. The predicted molar refractivity (Wildman–Crippen MR) is 180 cm³/mol. The number of aliphatic hydroxyl groups is 1. The van der Waals surface area contributed by atoms with Crippen LogP contribution >= 0.6 is 0 Å². The molecule has 0 aromatic carbocycles. The van der Waals surface area contributed by atoms with Crippen molar-refractivity contribution in [3.05, 3.63) is 12.7 Å². The zero-order valence-electron chi connectivity index (χ0n) is 28.8. The van der Waals surface area contributed by atoms with E-state index in [1.807, 2.05) is 10.9 Å². The minimum absolute atomic E-state index is 0.0457. The Labute approximate surface area is 261 Å². The Balaban J connectivity index is 1.96. The molecular weight excluding hydrogens is 577 g/mol. The Hall–Kier alpha value is -1.71. The normalized spacial score (nSPS) is 22.3. The van der Waals surface area contributed by atoms with Crippen LogP contribution in [-0.4, -0.2) is 90.5 Å². The number of nitrogens with zero attached hydrogens (tertiary/aromatic N) is 6. The molecule has 1 N–H and O–H groups in total. The van der Waals surface area contributed by atoms with Gasteiger partial charge in [-0.05, 0) is 49.1 Å². The molecule has 1 saturated heterocycles. The summed E-state index contributed by atoms with van der Waals surface area (Å²) in [5, 5.41) is 11.7. The minimum atomic E-state index is -2.28. The van der Waals surface area contributed by atoms with E-state index in [-0.39, 0.29) is 10.1 Å². The van der Waals surface area contributed by atoms with E-state index in [2.05, 4.69) is 101 Å². The molecule has 2 aromatic rings. The molecule has 0 unspecified atom stereocenters. The summed E-state index contributed by atoms with van der Waals surface area (Å²) in [6.07, 6.45) is 6.96. The van der Waals surface area contributed by atoms with Gasteiger partial charge in [-0.25, -0.2) is 19.9 Å². The number of rotatable bonds is 14. The zero-order valence-corrected chi connectivity index (χ0v) is 30.8. The minimum Gasteiger partial charge on any atom is -0.414 e. The third kappa shape index (κ3) is 8.52. The Morgan fingerprint density at radius 1 is 0.977 bits per heavy atom. The van der Waals surface area contributed by atoms with Crippen LogP contribution in [0.4, 0.5) is 5.82 Å². The van der Waals surface area contributed by atoms with Crippen LogP contribution in [0.3, 0.4) is 0 Å². The van der Waals surface area contributed by atoms with Crippen molar-refractivity contribution in [2.45, 2.75) is 142 Å². The maximum Gasteiger partial charge on any atom is 0.192 e. The number of aromatic nitrogens is 4. The first-order chi connectivity index (χ1) is 19.9. The largest absolute Gasteiger partial charge is 0.414 e. The van der Waals surface area contributed by atoms with Crippen molar-refractivity contribution in [2.75, 3.05) is 19.7 Å². The standard InChI is InChI=1S/C31H58N6O4Si2/c1-13-15-17-36(18-16-14-2)21-35-27-24-28(33-20-32-27)37(22-34-24)29-26(41-43(11,12)31(6,7)8)25(38)23(40-29)19-39-42(9,10)30(3,4)5/h20-23,25-26,29,38H,13-19H2,1-12H3/b35-21+/t23-,25+,26-,29-/m1/s1. The van der Waals surface area contributed by atoms with E-state index in [0.29, 0.717) is 23.6 Å². The monoisotopic (exact) mass is 634 g/mol. The second-order valence-corrected chi connectivity index (χ2v) is 24.5. The quantitative estimate of drug-likeness (QED) is 0.134. The number of aliphatic hydroxyl groups excluding tert-OH is 1. The number of imidazole rings is 1. The molecule has 0 spiro atoms. The van der Waals surface area contributed by atoms with Crippen LogP contribution in [0, 0.1) is 0 Å². The third-order valence-electron chi connectivity index (χ3n) is 9.52. The molecule has 0 bridgehead atoms. The van der Waals surface area contributed by atoms with Gasteiger partial charge in [-0.15, -0.1) is 0 Å². The molecule has 10 nitrogen and oxygen atoms in total. The fraction of sp³-hybridized carbons (Fsp3) is 0.806. The SMILES string of the molecule is CCCCN(/C=N/c1ncnc2c1ncn2[C@@H]1O[C@H](CO[Si](C)(C)C(C)(C)C)[C@H](O)[C@H]1O[Si](C)(C)C(C)(C)C)CCCC. The fourth-order valence-electron chi connectivity index (χ4n) is 4.44. The lowest BCUT2D eigenvalue weighted by atomic mass is 10.1. The fourth-order valence-corrected chi connectivity index (χ4v) is 6.74. The summed E-state index contributed by atoms with van der Waals surface area (Å²) in [7, 11) is -4.34. The summed E-state index contributed by atoms with van der Waals surface area (Å²) in [5.41, 5.74) is 1.19. The number of unbranched alkanes of at least 4 members (excludes halogenated alkanes) is 2. The van der Waals surface area contributed by atoms with Crippen LogP contribution in [0.25, 0.3) is 11.2 Å². The maximum absolute atomic E-state index is 11.7. The number of aliphatic imine (C=N–C) groups is 1. The number of hydrogen-bond donors (Lipinski definition) is 1. The molecule has 1 fully saturated rings. The molecule has 12 heteroatoms. The van der Waals surface area contributed by atoms with Crippen LogP contribution in [0.1, 0.15) is 87.3 Å². The second kappa shape index (κ2) is 14.2. The second-order valence-electron chi connectivity index (χ2n) is 15.0. The first-order valence-corrected chi connectivity index (χ1v) is 21.9. The van der Waals surface area contributed by atoms with Gasteiger partial charge in [-0.2, -0.15) is 0 Å². The third-order valence-corrected chi connectivity index (χ3v) is 18.5. The van der Waals surface area contributed by atoms with Gasteiger partial charge in [0.25, 0.3) is 0 Å². The van der Waals surface area contributed by atoms with Gasteiger partial charge in [0.15, 0.2) is 39.8 Å². The summed E-state index contributed by atoms with van der Waals surface area (Å²) in [6, 6.07) is 0. The lowest BCUT2D eigenvalue weighted by Gasteiger charge is -2.40. The van der Waals surface area contributed by atoms with Crippen molar-refractivity contribution in [3.8, 4) is 0 Å². The van der Waals surface area contributed by atoms with E-state index in [9.17, 15) is 5.11 Å². The molecule has 1 aliphatic heterocycles. The summed E-state index contributed by atoms with van der Waals surface area (Å²) < 4.78 is 21.8. The Kier molecular flexibility index (Phi) is 11.8. The Morgan fingerprint density at radius 3 is 2.14 bits per heavy atom. The highest BCUT2D eigenvalue weighted by atomic mass is 28.4. The topological polar surface area (TPSA) is 107 Å². The molecule has 0 radical (unpaired) electrons. The molecule has 244 valence electrons. The lowest BCUT2D eigenvalue weighted by molar-refractivity contribution is -0.0476. The van der Waals surface area contributed by atoms with Gasteiger partial charge < -0.3 is 23.6 Å². The van der Waals surface area contributed by atoms with Crippen LogP contribution in [0.5, 0.6) is 0 Å². The summed E-state index contributed by atoms with van der Waals surface area (Å²) in [5.74, 6) is 0.514. The van der Waals surface area contributed by atoms with E-state index in [1.165, 1.54) is 6.33 Å². The Morgan fingerprint density at radius 2 is 1.58 bits per heavy atom. The molecule has 2 aromatic heterocycles. The lowest BCUT2D eigenvalue weighted by Crippen LogP contribution is -2.49. The summed E-state index contributed by atoms with van der Waals surface area (Å²) >= 11 is 0. The van der Waals surface area contributed by atoms with Crippen molar-refractivity contribution in [1.82, 2.24) is 24.4 Å². The highest BCUT2D eigenvalue weighted by molar-refractivity contribution is 6.74. The van der Waals surface area contributed by atoms with Crippen molar-refractivity contribution < 1.29 is 18.7 Å². The number of ether oxygens (including phenoxy) is 1. The van der Waals surface area contributed by atoms with Crippen molar-refractivity contribution in [2.24, 2.45) is 4.99 Å². The van der Waals surface area contributed by atoms with Crippen molar-refractivity contribution in [3.63, 3.8) is 0 Å². The number of fused-ring (bicyclic) bond motifs is 1. The van der Waals surface area contributed by atoms with E-state index in [0.717, 1.165) is 38.8 Å². The highest BCUT2D eigenvalue weighted by Gasteiger charge is 2.51. The zero-order chi connectivity index (χ0) is 32.2. The maximum atomic E-state index is 11.7. The van der Waals surface area contributed by atoms with E-state index < -0.39 is 41.2 Å². The van der Waals surface area contributed by atoms with Crippen LogP contribution in [0.15, 0.2) is 17.6 Å². The van der Waals surface area contributed by atoms with Gasteiger partial charge in [0, 0.05) is 13.1 Å². The molecule has 3 rings (SSSR count). The molecule has 0 aliphatic carbocycles. The average Bonchev–Trinajstić information content (AvgIpc) is 3.47. The Bertz CT molecular complexity index is 1200. The molecule has 0 amide bonds. The van der Waals surface area contributed by atoms with Gasteiger partial charge in [0.1, 0.15) is 24.6 Å². The van der Waals surface area contributed by atoms with Crippen LogP contribution in [-0.2, 0) is 13.6 Å². The molecule has 3 heterocycles. The predicted octanol–water partition coefficient (Wildman–Crippen LogP) is 7.06. The van der Waals surface area contributed by atoms with Gasteiger partial charge in [-0.3, -0.25) is 4.57 Å². The van der Waals surface area contributed by atoms with Crippen LogP contribution in [0.2, 0.25) is 36.3 Å². The molecule has 43 heavy (non-hydrogen) atoms. The van der Waals surface area contributed by atoms with Gasteiger partial charge in [0.05, 0.1) is 19.3 Å². The average molecular weight is 635 g/mol. The first kappa shape index (κ1) is 35.8. The van der Waals surface area contributed by atoms with Crippen molar-refractivity contribution in [1.29, 1.82) is 0 Å². The van der Waals surface area contributed by atoms with Gasteiger partial charge >= 0.3 is 0 Å².